The van der Waals surface area contributed by atoms with Crippen LogP contribution in [0.1, 0.15) is 22.3 Å². The molecule has 1 aromatic carbocycles. The van der Waals surface area contributed by atoms with Crippen LogP contribution < -0.4 is 0 Å². The first kappa shape index (κ1) is 12.1. The molecule has 90 valence electrons. The number of carbonyl (C=O) groups is 2. The lowest BCUT2D eigenvalue weighted by Crippen LogP contribution is -2.35. The van der Waals surface area contributed by atoms with Crippen LogP contribution in [0.2, 0.25) is 5.02 Å². The lowest BCUT2D eigenvalue weighted by atomic mass is 9.82. The number of carbonyl (C=O) groups excluding carboxylic acids is 2. The average molecular weight is 252 g/mol. The molecule has 0 saturated heterocycles. The molecule has 0 bridgehead atoms. The summed E-state index contributed by atoms with van der Waals surface area (Å²) < 4.78 is 0. The highest BCUT2D eigenvalue weighted by atomic mass is 35.5. The van der Waals surface area contributed by atoms with Gasteiger partial charge in [0.25, 0.3) is 0 Å². The molecule has 2 rings (SSSR count). The predicted octanol–water partition coefficient (Wildman–Crippen LogP) is 2.17. The third kappa shape index (κ3) is 2.34. The summed E-state index contributed by atoms with van der Waals surface area (Å²) in [5.41, 5.74) is 1.59. The number of Topliss-reactive ketones (excluding diaryl/α,β-unsaturated/α-hetero) is 1. The molecule has 0 aliphatic heterocycles. The van der Waals surface area contributed by atoms with E-state index in [1.807, 2.05) is 6.07 Å². The lowest BCUT2D eigenvalue weighted by Gasteiger charge is -2.25. The van der Waals surface area contributed by atoms with Crippen molar-refractivity contribution in [3.63, 3.8) is 0 Å². The number of hydrogen-bond donors (Lipinski definition) is 0. The van der Waals surface area contributed by atoms with Gasteiger partial charge in [0.1, 0.15) is 0 Å². The minimum absolute atomic E-state index is 0.00829. The summed E-state index contributed by atoms with van der Waals surface area (Å²) >= 11 is 5.86. The number of benzene rings is 1. The van der Waals surface area contributed by atoms with E-state index in [1.54, 1.807) is 31.1 Å². The molecular weight excluding hydrogens is 238 g/mol. The van der Waals surface area contributed by atoms with Gasteiger partial charge in [-0.1, -0.05) is 17.7 Å². The molecule has 0 N–H and O–H groups in total. The van der Waals surface area contributed by atoms with E-state index in [9.17, 15) is 9.59 Å². The molecule has 0 spiro atoms. The van der Waals surface area contributed by atoms with Gasteiger partial charge in [0.05, 0.1) is 0 Å². The minimum Gasteiger partial charge on any atom is -0.349 e. The molecule has 4 heteroatoms. The van der Waals surface area contributed by atoms with Crippen molar-refractivity contribution in [2.75, 3.05) is 14.1 Å². The molecular formula is C13H14ClNO2. The Morgan fingerprint density at radius 1 is 1.35 bits per heavy atom. The minimum atomic E-state index is -0.230. The third-order valence-electron chi connectivity index (χ3n) is 3.06. The molecule has 1 aliphatic carbocycles. The fraction of sp³-hybridized carbons (Fsp3) is 0.385. The number of rotatable bonds is 1. The van der Waals surface area contributed by atoms with E-state index in [0.717, 1.165) is 5.56 Å². The first-order chi connectivity index (χ1) is 7.99. The van der Waals surface area contributed by atoms with Crippen LogP contribution in [-0.4, -0.2) is 30.7 Å². The molecule has 3 nitrogen and oxygen atoms in total. The van der Waals surface area contributed by atoms with Gasteiger partial charge >= 0.3 is 0 Å². The highest BCUT2D eigenvalue weighted by Crippen LogP contribution is 2.28. The van der Waals surface area contributed by atoms with Crippen LogP contribution in [0.4, 0.5) is 0 Å². The maximum atomic E-state index is 11.9. The zero-order valence-electron chi connectivity index (χ0n) is 9.87. The highest BCUT2D eigenvalue weighted by molar-refractivity contribution is 6.31. The topological polar surface area (TPSA) is 37.4 Å². The molecule has 0 fully saturated rings. The van der Waals surface area contributed by atoms with Gasteiger partial charge in [-0.15, -0.1) is 0 Å². The zero-order chi connectivity index (χ0) is 12.6. The van der Waals surface area contributed by atoms with Crippen LogP contribution in [-0.2, 0) is 11.2 Å². The quantitative estimate of drug-likeness (QED) is 0.767. The van der Waals surface area contributed by atoms with E-state index < -0.39 is 0 Å². The van der Waals surface area contributed by atoms with Crippen molar-refractivity contribution in [3.8, 4) is 0 Å². The largest absolute Gasteiger partial charge is 0.349 e. The van der Waals surface area contributed by atoms with Gasteiger partial charge in [-0.3, -0.25) is 9.59 Å². The maximum Gasteiger partial charge on any atom is 0.225 e. The van der Waals surface area contributed by atoms with E-state index >= 15 is 0 Å². The summed E-state index contributed by atoms with van der Waals surface area (Å²) in [5, 5.41) is 0.564. The van der Waals surface area contributed by atoms with E-state index in [1.165, 1.54) is 0 Å². The van der Waals surface area contributed by atoms with Gasteiger partial charge < -0.3 is 4.90 Å². The summed E-state index contributed by atoms with van der Waals surface area (Å²) in [5.74, 6) is -0.209. The molecule has 0 heterocycles. The van der Waals surface area contributed by atoms with E-state index in [0.29, 0.717) is 17.0 Å². The Labute approximate surface area is 105 Å². The number of nitrogens with zero attached hydrogens (tertiary/aromatic N) is 1. The van der Waals surface area contributed by atoms with Crippen LogP contribution in [0, 0.1) is 5.92 Å². The average Bonchev–Trinajstić information content (AvgIpc) is 2.28. The number of ketones is 1. The summed E-state index contributed by atoms with van der Waals surface area (Å²) in [6.45, 7) is 0. The Kier molecular flexibility index (Phi) is 3.20. The molecule has 1 aliphatic rings. The number of halogens is 1. The Morgan fingerprint density at radius 2 is 2.06 bits per heavy atom. The summed E-state index contributed by atoms with van der Waals surface area (Å²) in [6.07, 6.45) is 0.902. The van der Waals surface area contributed by atoms with Crippen molar-refractivity contribution in [1.29, 1.82) is 0 Å². The Morgan fingerprint density at radius 3 is 2.71 bits per heavy atom. The fourth-order valence-corrected chi connectivity index (χ4v) is 2.37. The first-order valence-electron chi connectivity index (χ1n) is 5.52. The lowest BCUT2D eigenvalue weighted by molar-refractivity contribution is -0.132. The Bertz CT molecular complexity index is 482. The van der Waals surface area contributed by atoms with Crippen molar-refractivity contribution in [3.05, 3.63) is 34.3 Å². The molecule has 17 heavy (non-hydrogen) atoms. The molecule has 1 atom stereocenters. The molecule has 0 saturated carbocycles. The van der Waals surface area contributed by atoms with Crippen LogP contribution >= 0.6 is 11.6 Å². The number of fused-ring (bicyclic) bond motifs is 1. The Hall–Kier alpha value is -1.35. The first-order valence-corrected chi connectivity index (χ1v) is 5.89. The molecule has 1 amide bonds. The Balaban J connectivity index is 2.31. The summed E-state index contributed by atoms with van der Waals surface area (Å²) in [4.78, 5) is 25.4. The van der Waals surface area contributed by atoms with Crippen LogP contribution in [0.5, 0.6) is 0 Å². The van der Waals surface area contributed by atoms with Gasteiger partial charge in [-0.25, -0.2) is 0 Å². The standard InChI is InChI=1S/C13H14ClNO2/c1-15(2)13(17)9-5-8-3-4-10(14)7-11(8)12(16)6-9/h3-4,7,9H,5-6H2,1-2H3. The van der Waals surface area contributed by atoms with Gasteiger partial charge in [0.2, 0.25) is 5.91 Å². The van der Waals surface area contributed by atoms with Crippen molar-refractivity contribution >= 4 is 23.3 Å². The second kappa shape index (κ2) is 4.49. The van der Waals surface area contributed by atoms with Crippen molar-refractivity contribution in [1.82, 2.24) is 4.90 Å². The second-order valence-electron chi connectivity index (χ2n) is 4.56. The summed E-state index contributed by atoms with van der Waals surface area (Å²) in [6, 6.07) is 5.29. The second-order valence-corrected chi connectivity index (χ2v) is 5.00. The van der Waals surface area contributed by atoms with Crippen LogP contribution in [0.3, 0.4) is 0 Å². The SMILES string of the molecule is CN(C)C(=O)C1CC(=O)c2cc(Cl)ccc2C1. The zero-order valence-corrected chi connectivity index (χ0v) is 10.6. The van der Waals surface area contributed by atoms with E-state index in [-0.39, 0.29) is 24.0 Å². The van der Waals surface area contributed by atoms with Gasteiger partial charge in [-0.2, -0.15) is 0 Å². The van der Waals surface area contributed by atoms with Crippen molar-refractivity contribution < 1.29 is 9.59 Å². The predicted molar refractivity (Wildman–Crippen MR) is 66.3 cm³/mol. The fourth-order valence-electron chi connectivity index (χ4n) is 2.20. The van der Waals surface area contributed by atoms with Gasteiger partial charge in [0.15, 0.2) is 5.78 Å². The van der Waals surface area contributed by atoms with Crippen LogP contribution in [0.25, 0.3) is 0 Å². The summed E-state index contributed by atoms with van der Waals surface area (Å²) in [7, 11) is 3.42. The maximum absolute atomic E-state index is 11.9. The molecule has 0 radical (unpaired) electrons. The van der Waals surface area contributed by atoms with E-state index in [4.69, 9.17) is 11.6 Å². The normalized spacial score (nSPS) is 18.8. The smallest absolute Gasteiger partial charge is 0.225 e. The van der Waals surface area contributed by atoms with Gasteiger partial charge in [-0.05, 0) is 24.1 Å². The van der Waals surface area contributed by atoms with E-state index in [2.05, 4.69) is 0 Å². The number of amides is 1. The molecule has 1 unspecified atom stereocenters. The molecule has 0 aromatic heterocycles. The number of hydrogen-bond acceptors (Lipinski definition) is 2. The van der Waals surface area contributed by atoms with Crippen LogP contribution in [0.15, 0.2) is 18.2 Å². The van der Waals surface area contributed by atoms with Gasteiger partial charge in [0, 0.05) is 37.0 Å². The van der Waals surface area contributed by atoms with Crippen molar-refractivity contribution in [2.45, 2.75) is 12.8 Å². The molecule has 1 aromatic rings. The van der Waals surface area contributed by atoms with Crippen molar-refractivity contribution in [2.24, 2.45) is 5.92 Å². The third-order valence-corrected chi connectivity index (χ3v) is 3.30. The highest BCUT2D eigenvalue weighted by Gasteiger charge is 2.30. The monoisotopic (exact) mass is 251 g/mol.